The van der Waals surface area contributed by atoms with Crippen LogP contribution in [0.2, 0.25) is 10.0 Å². The number of esters is 1. The highest BCUT2D eigenvalue weighted by molar-refractivity contribution is 6.43. The van der Waals surface area contributed by atoms with Gasteiger partial charge >= 0.3 is 5.97 Å². The maximum atomic E-state index is 12.4. The van der Waals surface area contributed by atoms with Crippen molar-refractivity contribution in [1.29, 1.82) is 0 Å². The molecule has 1 aromatic carbocycles. The first-order chi connectivity index (χ1) is 11.9. The lowest BCUT2D eigenvalue weighted by molar-refractivity contribution is 0.0519. The molecule has 8 heteroatoms. The summed E-state index contributed by atoms with van der Waals surface area (Å²) in [5.41, 5.74) is 0.769. The molecule has 1 aliphatic rings. The highest BCUT2D eigenvalue weighted by Gasteiger charge is 2.35. The number of halogens is 2. The minimum absolute atomic E-state index is 0.0359. The van der Waals surface area contributed by atoms with Crippen LogP contribution in [-0.4, -0.2) is 34.3 Å². The van der Waals surface area contributed by atoms with E-state index < -0.39 is 17.8 Å². The van der Waals surface area contributed by atoms with Crippen LogP contribution in [0.5, 0.6) is 0 Å². The molecule has 2 amide bonds. The summed E-state index contributed by atoms with van der Waals surface area (Å²) in [6, 6.07) is 7.95. The second-order valence-electron chi connectivity index (χ2n) is 5.22. The fourth-order valence-corrected chi connectivity index (χ4v) is 2.90. The summed E-state index contributed by atoms with van der Waals surface area (Å²) in [6.07, 6.45) is 0. The van der Waals surface area contributed by atoms with Crippen LogP contribution in [0.15, 0.2) is 30.3 Å². The van der Waals surface area contributed by atoms with Gasteiger partial charge in [-0.3, -0.25) is 14.5 Å². The summed E-state index contributed by atoms with van der Waals surface area (Å²) in [5.74, 6) is -1.57. The third kappa shape index (κ3) is 3.10. The lowest BCUT2D eigenvalue weighted by atomic mass is 10.1. The van der Waals surface area contributed by atoms with Crippen LogP contribution < -0.4 is 0 Å². The molecule has 0 saturated heterocycles. The summed E-state index contributed by atoms with van der Waals surface area (Å²) in [4.78, 5) is 41.9. The summed E-state index contributed by atoms with van der Waals surface area (Å²) >= 11 is 12.0. The smallest absolute Gasteiger partial charge is 0.358 e. The van der Waals surface area contributed by atoms with Crippen LogP contribution in [0.3, 0.4) is 0 Å². The summed E-state index contributed by atoms with van der Waals surface area (Å²) in [5, 5.41) is 0.0533. The van der Waals surface area contributed by atoms with Crippen LogP contribution in [0.1, 0.15) is 43.8 Å². The molecule has 0 N–H and O–H groups in total. The second kappa shape index (κ2) is 6.82. The Bertz CT molecular complexity index is 863. The molecule has 25 heavy (non-hydrogen) atoms. The zero-order chi connectivity index (χ0) is 18.1. The number of fused-ring (bicyclic) bond motifs is 1. The number of nitrogens with zero attached hydrogens (tertiary/aromatic N) is 2. The predicted octanol–water partition coefficient (Wildman–Crippen LogP) is 3.36. The molecule has 128 valence electrons. The number of ether oxygens (including phenoxy) is 1. The topological polar surface area (TPSA) is 76.6 Å². The molecule has 0 unspecified atom stereocenters. The van der Waals surface area contributed by atoms with Crippen molar-refractivity contribution in [2.45, 2.75) is 13.5 Å². The van der Waals surface area contributed by atoms with Crippen molar-refractivity contribution in [2.24, 2.45) is 0 Å². The third-order valence-corrected chi connectivity index (χ3v) is 4.41. The van der Waals surface area contributed by atoms with Crippen LogP contribution in [0.4, 0.5) is 0 Å². The van der Waals surface area contributed by atoms with Crippen LogP contribution in [-0.2, 0) is 11.3 Å². The molecular formula is C17H12Cl2N2O4. The number of aromatic nitrogens is 1. The molecule has 0 radical (unpaired) electrons. The Morgan fingerprint density at radius 2 is 1.76 bits per heavy atom. The third-order valence-electron chi connectivity index (χ3n) is 3.63. The molecule has 0 saturated carbocycles. The molecule has 2 aromatic rings. The highest BCUT2D eigenvalue weighted by Crippen LogP contribution is 2.28. The maximum absolute atomic E-state index is 12.4. The van der Waals surface area contributed by atoms with Gasteiger partial charge in [0, 0.05) is 0 Å². The first-order valence-corrected chi connectivity index (χ1v) is 8.17. The molecule has 0 bridgehead atoms. The lowest BCUT2D eigenvalue weighted by Crippen LogP contribution is -2.29. The number of imide groups is 1. The second-order valence-corrected chi connectivity index (χ2v) is 6.01. The van der Waals surface area contributed by atoms with Crippen LogP contribution >= 0.6 is 23.2 Å². The van der Waals surface area contributed by atoms with E-state index >= 15 is 0 Å². The molecule has 3 rings (SSSR count). The molecule has 0 aliphatic carbocycles. The summed E-state index contributed by atoms with van der Waals surface area (Å²) < 4.78 is 4.89. The van der Waals surface area contributed by atoms with Crippen molar-refractivity contribution >= 4 is 41.0 Å². The number of hydrogen-bond donors (Lipinski definition) is 0. The first-order valence-electron chi connectivity index (χ1n) is 7.41. The summed E-state index contributed by atoms with van der Waals surface area (Å²) in [6.45, 7) is 1.67. The predicted molar refractivity (Wildman–Crippen MR) is 90.9 cm³/mol. The average Bonchev–Trinajstić information content (AvgIpc) is 2.83. The van der Waals surface area contributed by atoms with Crippen molar-refractivity contribution in [3.63, 3.8) is 0 Å². The van der Waals surface area contributed by atoms with E-state index in [1.54, 1.807) is 31.2 Å². The van der Waals surface area contributed by atoms with E-state index in [9.17, 15) is 14.4 Å². The number of amides is 2. The van der Waals surface area contributed by atoms with E-state index in [1.165, 1.54) is 6.07 Å². The van der Waals surface area contributed by atoms with Crippen molar-refractivity contribution in [3.8, 4) is 0 Å². The van der Waals surface area contributed by atoms with Crippen molar-refractivity contribution in [2.75, 3.05) is 6.61 Å². The largest absolute Gasteiger partial charge is 0.461 e. The van der Waals surface area contributed by atoms with E-state index in [0.717, 1.165) is 4.90 Å². The molecule has 1 aliphatic heterocycles. The van der Waals surface area contributed by atoms with Gasteiger partial charge in [-0.2, -0.15) is 0 Å². The van der Waals surface area contributed by atoms with Crippen molar-refractivity contribution in [3.05, 3.63) is 62.9 Å². The number of hydrogen-bond acceptors (Lipinski definition) is 5. The number of carbonyl (C=O) groups excluding carboxylic acids is 3. The van der Waals surface area contributed by atoms with Gasteiger partial charge in [0.15, 0.2) is 5.69 Å². The fraction of sp³-hybridized carbons (Fsp3) is 0.176. The normalized spacial score (nSPS) is 13.2. The van der Waals surface area contributed by atoms with E-state index in [2.05, 4.69) is 4.98 Å². The molecule has 6 nitrogen and oxygen atoms in total. The molecule has 2 heterocycles. The Morgan fingerprint density at radius 1 is 1.16 bits per heavy atom. The monoisotopic (exact) mass is 378 g/mol. The molecule has 1 aromatic heterocycles. The Balaban J connectivity index is 1.93. The van der Waals surface area contributed by atoms with E-state index in [0.29, 0.717) is 11.1 Å². The average molecular weight is 379 g/mol. The number of carbonyl (C=O) groups is 3. The molecule has 0 atom stereocenters. The van der Waals surface area contributed by atoms with Gasteiger partial charge in [0.05, 0.1) is 40.0 Å². The SMILES string of the molecule is CCOC(=O)c1nc(CN2C(=O)c3ccccc3C2=O)cc(Cl)c1Cl. The Kier molecular flexibility index (Phi) is 4.74. The summed E-state index contributed by atoms with van der Waals surface area (Å²) in [7, 11) is 0. The van der Waals surface area contributed by atoms with E-state index in [1.807, 2.05) is 0 Å². The number of rotatable bonds is 4. The van der Waals surface area contributed by atoms with Crippen LogP contribution in [0, 0.1) is 0 Å². The molecular weight excluding hydrogens is 367 g/mol. The van der Waals surface area contributed by atoms with Gasteiger partial charge in [0.25, 0.3) is 11.8 Å². The van der Waals surface area contributed by atoms with Gasteiger partial charge in [-0.05, 0) is 25.1 Å². The lowest BCUT2D eigenvalue weighted by Gasteiger charge is -2.14. The van der Waals surface area contributed by atoms with Crippen molar-refractivity contribution < 1.29 is 19.1 Å². The number of benzene rings is 1. The Labute approximate surface area is 153 Å². The van der Waals surface area contributed by atoms with Gasteiger partial charge in [0.2, 0.25) is 0 Å². The fourth-order valence-electron chi connectivity index (χ4n) is 2.51. The van der Waals surface area contributed by atoms with Gasteiger partial charge in [-0.15, -0.1) is 0 Å². The molecule has 0 fully saturated rings. The Morgan fingerprint density at radius 3 is 2.32 bits per heavy atom. The van der Waals surface area contributed by atoms with Gasteiger partial charge in [-0.25, -0.2) is 9.78 Å². The zero-order valence-corrected chi connectivity index (χ0v) is 14.6. The molecule has 0 spiro atoms. The Hall–Kier alpha value is -2.44. The minimum Gasteiger partial charge on any atom is -0.461 e. The van der Waals surface area contributed by atoms with Gasteiger partial charge in [-0.1, -0.05) is 35.3 Å². The highest BCUT2D eigenvalue weighted by atomic mass is 35.5. The first kappa shape index (κ1) is 17.4. The minimum atomic E-state index is -0.724. The van der Waals surface area contributed by atoms with Gasteiger partial charge in [0.1, 0.15) is 0 Å². The van der Waals surface area contributed by atoms with Gasteiger partial charge < -0.3 is 4.74 Å². The van der Waals surface area contributed by atoms with E-state index in [-0.39, 0.29) is 34.6 Å². The standard InChI is InChI=1S/C17H12Cl2N2O4/c1-2-25-17(24)14-13(19)12(18)7-9(20-14)8-21-15(22)10-5-3-4-6-11(10)16(21)23/h3-7H,2,8H2,1H3. The van der Waals surface area contributed by atoms with Crippen molar-refractivity contribution in [1.82, 2.24) is 9.88 Å². The van der Waals surface area contributed by atoms with E-state index in [4.69, 9.17) is 27.9 Å². The quantitative estimate of drug-likeness (QED) is 0.602. The van der Waals surface area contributed by atoms with Crippen LogP contribution in [0.25, 0.3) is 0 Å². The number of pyridine rings is 1. The maximum Gasteiger partial charge on any atom is 0.358 e. The zero-order valence-electron chi connectivity index (χ0n) is 13.1.